The Morgan fingerprint density at radius 2 is 2.05 bits per heavy atom. The lowest BCUT2D eigenvalue weighted by molar-refractivity contribution is 0.103. The summed E-state index contributed by atoms with van der Waals surface area (Å²) in [5.41, 5.74) is 2.45. The highest BCUT2D eigenvalue weighted by Gasteiger charge is 2.19. The van der Waals surface area contributed by atoms with Crippen molar-refractivity contribution in [3.05, 3.63) is 45.6 Å². The Kier molecular flexibility index (Phi) is 3.47. The van der Waals surface area contributed by atoms with Crippen LogP contribution in [0.2, 0.25) is 5.02 Å². The standard InChI is InChI=1S/C15H14ClN3OS/c1-8-13(9(2)19(3)18-8)17-15(20)14-12(16)10-6-4-5-7-11(10)21-14/h4-7H,1-3H3,(H,17,20). The molecule has 21 heavy (non-hydrogen) atoms. The molecule has 1 N–H and O–H groups in total. The lowest BCUT2D eigenvalue weighted by Gasteiger charge is -2.04. The molecule has 0 aliphatic carbocycles. The molecule has 6 heteroatoms. The van der Waals surface area contributed by atoms with Gasteiger partial charge in [-0.1, -0.05) is 29.8 Å². The smallest absolute Gasteiger partial charge is 0.267 e. The van der Waals surface area contributed by atoms with Gasteiger partial charge in [0.05, 0.1) is 22.1 Å². The van der Waals surface area contributed by atoms with Crippen molar-refractivity contribution in [1.29, 1.82) is 0 Å². The van der Waals surface area contributed by atoms with E-state index >= 15 is 0 Å². The molecule has 2 heterocycles. The predicted octanol–water partition coefficient (Wildman–Crippen LogP) is 4.16. The van der Waals surface area contributed by atoms with Crippen molar-refractivity contribution in [2.24, 2.45) is 7.05 Å². The van der Waals surface area contributed by atoms with Crippen molar-refractivity contribution in [1.82, 2.24) is 9.78 Å². The van der Waals surface area contributed by atoms with Crippen molar-refractivity contribution in [2.45, 2.75) is 13.8 Å². The number of benzene rings is 1. The third kappa shape index (κ3) is 2.32. The van der Waals surface area contributed by atoms with E-state index in [0.29, 0.717) is 9.90 Å². The molecule has 0 radical (unpaired) electrons. The van der Waals surface area contributed by atoms with E-state index in [1.807, 2.05) is 45.2 Å². The Morgan fingerprint density at radius 3 is 2.67 bits per heavy atom. The van der Waals surface area contributed by atoms with Crippen LogP contribution in [0.15, 0.2) is 24.3 Å². The molecule has 0 saturated heterocycles. The van der Waals surface area contributed by atoms with Crippen LogP contribution in [0.3, 0.4) is 0 Å². The van der Waals surface area contributed by atoms with Crippen LogP contribution in [-0.4, -0.2) is 15.7 Å². The second-order valence-corrected chi connectivity index (χ2v) is 6.30. The number of anilines is 1. The largest absolute Gasteiger partial charge is 0.318 e. The summed E-state index contributed by atoms with van der Waals surface area (Å²) >= 11 is 7.73. The maximum atomic E-state index is 12.5. The second-order valence-electron chi connectivity index (χ2n) is 4.86. The van der Waals surface area contributed by atoms with Gasteiger partial charge in [0, 0.05) is 17.1 Å². The van der Waals surface area contributed by atoms with Gasteiger partial charge in [0.25, 0.3) is 5.91 Å². The molecule has 0 aliphatic rings. The summed E-state index contributed by atoms with van der Waals surface area (Å²) in [5.74, 6) is -0.194. The zero-order chi connectivity index (χ0) is 15.1. The first-order valence-corrected chi connectivity index (χ1v) is 7.67. The van der Waals surface area contributed by atoms with E-state index in [4.69, 9.17) is 11.6 Å². The van der Waals surface area contributed by atoms with Gasteiger partial charge >= 0.3 is 0 Å². The molecule has 0 aliphatic heterocycles. The van der Waals surface area contributed by atoms with Crippen LogP contribution in [0.25, 0.3) is 10.1 Å². The maximum absolute atomic E-state index is 12.5. The number of fused-ring (bicyclic) bond motifs is 1. The summed E-state index contributed by atoms with van der Waals surface area (Å²) in [6.07, 6.45) is 0. The fraction of sp³-hybridized carbons (Fsp3) is 0.200. The highest BCUT2D eigenvalue weighted by Crippen LogP contribution is 2.35. The van der Waals surface area contributed by atoms with E-state index < -0.39 is 0 Å². The normalized spacial score (nSPS) is 11.0. The number of carbonyl (C=O) groups is 1. The Morgan fingerprint density at radius 1 is 1.33 bits per heavy atom. The minimum absolute atomic E-state index is 0.194. The first kappa shape index (κ1) is 14.1. The molecule has 1 aromatic carbocycles. The monoisotopic (exact) mass is 319 g/mol. The molecule has 0 unspecified atom stereocenters. The number of rotatable bonds is 2. The Bertz CT molecular complexity index is 850. The minimum Gasteiger partial charge on any atom is -0.318 e. The number of thiophene rings is 1. The molecule has 2 aromatic heterocycles. The number of amides is 1. The number of carbonyl (C=O) groups excluding carboxylic acids is 1. The SMILES string of the molecule is Cc1nn(C)c(C)c1NC(=O)c1sc2ccccc2c1Cl. The molecule has 3 aromatic rings. The Balaban J connectivity index is 1.99. The molecule has 1 amide bonds. The lowest BCUT2D eigenvalue weighted by atomic mass is 10.2. The second kappa shape index (κ2) is 5.16. The van der Waals surface area contributed by atoms with Crippen molar-refractivity contribution in [3.63, 3.8) is 0 Å². The number of halogens is 1. The minimum atomic E-state index is -0.194. The van der Waals surface area contributed by atoms with Gasteiger partial charge < -0.3 is 5.32 Å². The van der Waals surface area contributed by atoms with Crippen molar-refractivity contribution < 1.29 is 4.79 Å². The number of hydrogen-bond donors (Lipinski definition) is 1. The average molecular weight is 320 g/mol. The van der Waals surface area contributed by atoms with Crippen LogP contribution in [0, 0.1) is 13.8 Å². The van der Waals surface area contributed by atoms with Crippen molar-refractivity contribution in [2.75, 3.05) is 5.32 Å². The van der Waals surface area contributed by atoms with E-state index in [1.165, 1.54) is 11.3 Å². The maximum Gasteiger partial charge on any atom is 0.267 e. The molecule has 0 saturated carbocycles. The van der Waals surface area contributed by atoms with Gasteiger partial charge in [-0.05, 0) is 19.9 Å². The number of aromatic nitrogens is 2. The summed E-state index contributed by atoms with van der Waals surface area (Å²) in [5, 5.41) is 8.63. The van der Waals surface area contributed by atoms with E-state index in [0.717, 1.165) is 27.2 Å². The van der Waals surface area contributed by atoms with E-state index in [2.05, 4.69) is 10.4 Å². The van der Waals surface area contributed by atoms with Gasteiger partial charge in [0.1, 0.15) is 4.88 Å². The average Bonchev–Trinajstić information content (AvgIpc) is 2.92. The molecule has 4 nitrogen and oxygen atoms in total. The molecule has 0 spiro atoms. The number of nitrogens with zero attached hydrogens (tertiary/aromatic N) is 2. The van der Waals surface area contributed by atoms with Gasteiger partial charge in [-0.3, -0.25) is 9.48 Å². The molecule has 0 atom stereocenters. The summed E-state index contributed by atoms with van der Waals surface area (Å²) in [6.45, 7) is 3.79. The Labute approximate surface area is 131 Å². The first-order valence-electron chi connectivity index (χ1n) is 6.47. The molecule has 108 valence electrons. The topological polar surface area (TPSA) is 46.9 Å². The number of aryl methyl sites for hydroxylation is 2. The van der Waals surface area contributed by atoms with Gasteiger partial charge in [-0.25, -0.2) is 0 Å². The first-order chi connectivity index (χ1) is 9.99. The summed E-state index contributed by atoms with van der Waals surface area (Å²) in [7, 11) is 1.85. The zero-order valence-corrected chi connectivity index (χ0v) is 13.5. The summed E-state index contributed by atoms with van der Waals surface area (Å²) in [4.78, 5) is 13.0. The van der Waals surface area contributed by atoms with E-state index in [-0.39, 0.29) is 5.91 Å². The highest BCUT2D eigenvalue weighted by atomic mass is 35.5. The van der Waals surface area contributed by atoms with Crippen LogP contribution < -0.4 is 5.32 Å². The van der Waals surface area contributed by atoms with Crippen molar-refractivity contribution in [3.8, 4) is 0 Å². The van der Waals surface area contributed by atoms with E-state index in [1.54, 1.807) is 4.68 Å². The van der Waals surface area contributed by atoms with Crippen molar-refractivity contribution >= 4 is 44.6 Å². The molecule has 3 rings (SSSR count). The number of nitrogens with one attached hydrogen (secondary N) is 1. The lowest BCUT2D eigenvalue weighted by Crippen LogP contribution is -2.12. The van der Waals surface area contributed by atoms with Crippen LogP contribution in [0.5, 0.6) is 0 Å². The van der Waals surface area contributed by atoms with E-state index in [9.17, 15) is 4.79 Å². The molecular weight excluding hydrogens is 306 g/mol. The summed E-state index contributed by atoms with van der Waals surface area (Å²) < 4.78 is 2.75. The zero-order valence-electron chi connectivity index (χ0n) is 11.9. The Hall–Kier alpha value is -1.85. The van der Waals surface area contributed by atoms with Crippen LogP contribution in [0.4, 0.5) is 5.69 Å². The number of hydrogen-bond acceptors (Lipinski definition) is 3. The molecular formula is C15H14ClN3OS. The fourth-order valence-electron chi connectivity index (χ4n) is 2.28. The third-order valence-electron chi connectivity index (χ3n) is 3.49. The van der Waals surface area contributed by atoms with Crippen LogP contribution >= 0.6 is 22.9 Å². The molecule has 0 fully saturated rings. The predicted molar refractivity (Wildman–Crippen MR) is 87.5 cm³/mol. The van der Waals surface area contributed by atoms with Gasteiger partial charge in [-0.2, -0.15) is 5.10 Å². The van der Waals surface area contributed by atoms with Gasteiger partial charge in [-0.15, -0.1) is 11.3 Å². The van der Waals surface area contributed by atoms with Gasteiger partial charge in [0.15, 0.2) is 0 Å². The fourth-order valence-corrected chi connectivity index (χ4v) is 3.70. The molecule has 0 bridgehead atoms. The quantitative estimate of drug-likeness (QED) is 0.771. The van der Waals surface area contributed by atoms with Gasteiger partial charge in [0.2, 0.25) is 0 Å². The van der Waals surface area contributed by atoms with Crippen LogP contribution in [-0.2, 0) is 7.05 Å². The van der Waals surface area contributed by atoms with Crippen LogP contribution in [0.1, 0.15) is 21.1 Å². The third-order valence-corrected chi connectivity index (χ3v) is 5.16. The summed E-state index contributed by atoms with van der Waals surface area (Å²) in [6, 6.07) is 7.74. The highest BCUT2D eigenvalue weighted by molar-refractivity contribution is 7.21.